The first-order chi connectivity index (χ1) is 14.8. The molecule has 0 bridgehead atoms. The Balaban J connectivity index is 2.15. The van der Waals surface area contributed by atoms with Crippen molar-refractivity contribution in [3.8, 4) is 11.5 Å². The zero-order valence-corrected chi connectivity index (χ0v) is 17.7. The molecule has 31 heavy (non-hydrogen) atoms. The van der Waals surface area contributed by atoms with Crippen LogP contribution >= 0.6 is 0 Å². The molecule has 3 rings (SSSR count). The Kier molecular flexibility index (Phi) is 6.29. The lowest BCUT2D eigenvalue weighted by Gasteiger charge is -2.28. The molecule has 1 N–H and O–H groups in total. The lowest BCUT2D eigenvalue weighted by atomic mass is 9.95. The third-order valence-electron chi connectivity index (χ3n) is 4.98. The molecule has 0 unspecified atom stereocenters. The van der Waals surface area contributed by atoms with E-state index >= 15 is 0 Å². The Hall–Kier alpha value is -3.81. The number of ether oxygens (including phenoxy) is 3. The molecule has 1 aliphatic rings. The minimum absolute atomic E-state index is 0.0500. The number of benzene rings is 2. The van der Waals surface area contributed by atoms with Crippen LogP contribution in [0, 0.1) is 0 Å². The number of amides is 1. The molecule has 0 saturated carbocycles. The molecule has 1 atom stereocenters. The fourth-order valence-electron chi connectivity index (χ4n) is 3.55. The van der Waals surface area contributed by atoms with Crippen molar-refractivity contribution in [3.63, 3.8) is 0 Å². The molecule has 1 heterocycles. The van der Waals surface area contributed by atoms with Crippen LogP contribution in [0.1, 0.15) is 35.8 Å². The van der Waals surface area contributed by atoms with Crippen molar-refractivity contribution in [3.05, 3.63) is 64.9 Å². The highest BCUT2D eigenvalue weighted by Crippen LogP contribution is 2.44. The molecular weight excluding hydrogens is 402 g/mol. The lowest BCUT2D eigenvalue weighted by molar-refractivity contribution is -0.117. The third kappa shape index (κ3) is 3.96. The highest BCUT2D eigenvalue weighted by atomic mass is 16.5. The van der Waals surface area contributed by atoms with E-state index in [9.17, 15) is 19.5 Å². The van der Waals surface area contributed by atoms with Gasteiger partial charge in [0.15, 0.2) is 11.5 Å². The molecular formula is C23H23NO7. The maximum absolute atomic E-state index is 13.0. The van der Waals surface area contributed by atoms with Crippen molar-refractivity contribution in [1.82, 2.24) is 0 Å². The maximum Gasteiger partial charge on any atom is 0.338 e. The standard InChI is InChI=1S/C23H23NO7/c1-5-31-23(28)14-6-8-15(9-7-14)24-20(19(13(2)25)21(26)22(24)27)17-12-16(29-3)10-11-18(17)30-4/h6-12,20,26H,5H2,1-4H3/t20-/m0/s1. The van der Waals surface area contributed by atoms with Gasteiger partial charge in [0.25, 0.3) is 5.91 Å². The highest BCUT2D eigenvalue weighted by Gasteiger charge is 2.44. The minimum Gasteiger partial charge on any atom is -0.503 e. The van der Waals surface area contributed by atoms with Gasteiger partial charge < -0.3 is 19.3 Å². The molecule has 0 aromatic heterocycles. The zero-order valence-electron chi connectivity index (χ0n) is 17.7. The number of hydrogen-bond donors (Lipinski definition) is 1. The number of nitrogens with zero attached hydrogens (tertiary/aromatic N) is 1. The number of carbonyl (C=O) groups is 3. The van der Waals surface area contributed by atoms with Crippen molar-refractivity contribution in [2.45, 2.75) is 19.9 Å². The highest BCUT2D eigenvalue weighted by molar-refractivity contribution is 6.16. The second kappa shape index (κ2) is 8.91. The Labute approximate surface area is 179 Å². The quantitative estimate of drug-likeness (QED) is 0.679. The van der Waals surface area contributed by atoms with Gasteiger partial charge in [-0.25, -0.2) is 4.79 Å². The summed E-state index contributed by atoms with van der Waals surface area (Å²) in [7, 11) is 2.97. The van der Waals surface area contributed by atoms with Gasteiger partial charge in [-0.15, -0.1) is 0 Å². The van der Waals surface area contributed by atoms with Gasteiger partial charge >= 0.3 is 5.97 Å². The summed E-state index contributed by atoms with van der Waals surface area (Å²) in [6.45, 7) is 3.23. The lowest BCUT2D eigenvalue weighted by Crippen LogP contribution is -2.31. The molecule has 2 aromatic carbocycles. The number of anilines is 1. The van der Waals surface area contributed by atoms with Crippen LogP contribution in [0.3, 0.4) is 0 Å². The van der Waals surface area contributed by atoms with Crippen molar-refractivity contribution < 1.29 is 33.7 Å². The van der Waals surface area contributed by atoms with E-state index in [4.69, 9.17) is 14.2 Å². The Morgan fingerprint density at radius 2 is 1.74 bits per heavy atom. The number of esters is 1. The van der Waals surface area contributed by atoms with E-state index in [0.29, 0.717) is 28.3 Å². The first-order valence-electron chi connectivity index (χ1n) is 9.60. The molecule has 0 aliphatic carbocycles. The largest absolute Gasteiger partial charge is 0.503 e. The van der Waals surface area contributed by atoms with Crippen molar-refractivity contribution >= 4 is 23.3 Å². The van der Waals surface area contributed by atoms with Gasteiger partial charge in [-0.2, -0.15) is 0 Å². The van der Waals surface area contributed by atoms with Gasteiger partial charge in [0.1, 0.15) is 11.5 Å². The van der Waals surface area contributed by atoms with Crippen molar-refractivity contribution in [2.75, 3.05) is 25.7 Å². The smallest absolute Gasteiger partial charge is 0.338 e. The number of hydrogen-bond acceptors (Lipinski definition) is 7. The fourth-order valence-corrected chi connectivity index (χ4v) is 3.55. The normalized spacial score (nSPS) is 15.8. The summed E-state index contributed by atoms with van der Waals surface area (Å²) in [6, 6.07) is 10.2. The molecule has 8 nitrogen and oxygen atoms in total. The van der Waals surface area contributed by atoms with E-state index in [1.165, 1.54) is 38.2 Å². The summed E-state index contributed by atoms with van der Waals surface area (Å²) in [5, 5.41) is 10.5. The average molecular weight is 425 g/mol. The van der Waals surface area contributed by atoms with E-state index in [1.807, 2.05) is 0 Å². The Bertz CT molecular complexity index is 1060. The van der Waals surface area contributed by atoms with Crippen LogP contribution in [0.15, 0.2) is 53.8 Å². The summed E-state index contributed by atoms with van der Waals surface area (Å²) in [5.74, 6) is -1.39. The molecule has 0 fully saturated rings. The van der Waals surface area contributed by atoms with Crippen LogP contribution in [0.2, 0.25) is 0 Å². The topological polar surface area (TPSA) is 102 Å². The molecule has 0 radical (unpaired) electrons. The molecule has 2 aromatic rings. The molecule has 1 aliphatic heterocycles. The molecule has 162 valence electrons. The van der Waals surface area contributed by atoms with Gasteiger partial charge in [-0.05, 0) is 56.3 Å². The first-order valence-corrected chi connectivity index (χ1v) is 9.60. The second-order valence-electron chi connectivity index (χ2n) is 6.77. The van der Waals surface area contributed by atoms with Crippen LogP contribution in [0.25, 0.3) is 0 Å². The second-order valence-corrected chi connectivity index (χ2v) is 6.77. The number of aliphatic hydroxyl groups excluding tert-OH is 1. The number of carbonyl (C=O) groups excluding carboxylic acids is 3. The molecule has 0 spiro atoms. The molecule has 8 heteroatoms. The van der Waals surface area contributed by atoms with Gasteiger partial charge in [0.05, 0.1) is 38.0 Å². The van der Waals surface area contributed by atoms with Crippen LogP contribution in [-0.2, 0) is 14.3 Å². The van der Waals surface area contributed by atoms with Crippen LogP contribution < -0.4 is 14.4 Å². The first kappa shape index (κ1) is 21.9. The zero-order chi connectivity index (χ0) is 22.7. The molecule has 0 saturated heterocycles. The predicted molar refractivity (Wildman–Crippen MR) is 113 cm³/mol. The number of rotatable bonds is 7. The predicted octanol–water partition coefficient (Wildman–Crippen LogP) is 3.37. The van der Waals surface area contributed by atoms with Crippen molar-refractivity contribution in [1.29, 1.82) is 0 Å². The Morgan fingerprint density at radius 3 is 2.29 bits per heavy atom. The summed E-state index contributed by atoms with van der Waals surface area (Å²) in [6.07, 6.45) is 0. The van der Waals surface area contributed by atoms with Crippen molar-refractivity contribution in [2.24, 2.45) is 0 Å². The van der Waals surface area contributed by atoms with Crippen LogP contribution in [0.4, 0.5) is 5.69 Å². The average Bonchev–Trinajstić information content (AvgIpc) is 3.04. The summed E-state index contributed by atoms with van der Waals surface area (Å²) >= 11 is 0. The minimum atomic E-state index is -0.941. The Morgan fingerprint density at radius 1 is 1.06 bits per heavy atom. The maximum atomic E-state index is 13.0. The van der Waals surface area contributed by atoms with Gasteiger partial charge in [0.2, 0.25) is 0 Å². The number of ketones is 1. The summed E-state index contributed by atoms with van der Waals surface area (Å²) < 4.78 is 15.7. The molecule has 1 amide bonds. The number of aliphatic hydroxyl groups is 1. The van der Waals surface area contributed by atoms with Gasteiger partial charge in [-0.1, -0.05) is 0 Å². The SMILES string of the molecule is CCOC(=O)c1ccc(N2C(=O)C(O)=C(C(C)=O)[C@@H]2c2cc(OC)ccc2OC)cc1. The number of Topliss-reactive ketones (excluding diaryl/α,β-unsaturated/α-hetero) is 1. The van der Waals surface area contributed by atoms with E-state index < -0.39 is 29.5 Å². The van der Waals surface area contributed by atoms with Gasteiger partial charge in [-0.3, -0.25) is 14.5 Å². The summed E-state index contributed by atoms with van der Waals surface area (Å²) in [4.78, 5) is 38.6. The van der Waals surface area contributed by atoms with Crippen LogP contribution in [-0.4, -0.2) is 43.6 Å². The monoisotopic (exact) mass is 425 g/mol. The van der Waals surface area contributed by atoms with Gasteiger partial charge in [0, 0.05) is 11.3 Å². The van der Waals surface area contributed by atoms with E-state index in [1.54, 1.807) is 37.3 Å². The van der Waals surface area contributed by atoms with E-state index in [-0.39, 0.29) is 12.2 Å². The van der Waals surface area contributed by atoms with E-state index in [2.05, 4.69) is 0 Å². The number of methoxy groups -OCH3 is 2. The fraction of sp³-hybridized carbons (Fsp3) is 0.261. The third-order valence-corrected chi connectivity index (χ3v) is 4.98. The van der Waals surface area contributed by atoms with E-state index in [0.717, 1.165) is 0 Å². The summed E-state index contributed by atoms with van der Waals surface area (Å²) in [5.41, 5.74) is 1.12. The van der Waals surface area contributed by atoms with Crippen LogP contribution in [0.5, 0.6) is 11.5 Å².